The molecular formula is C19H28IN3O4. The van der Waals surface area contributed by atoms with Crippen molar-refractivity contribution in [3.63, 3.8) is 0 Å². The highest BCUT2D eigenvalue weighted by Gasteiger charge is 2.21. The second kappa shape index (κ2) is 9.38. The first kappa shape index (κ1) is 23.2. The van der Waals surface area contributed by atoms with Crippen LogP contribution in [-0.2, 0) is 16.0 Å². The molecule has 1 aromatic carbocycles. The zero-order valence-corrected chi connectivity index (χ0v) is 19.1. The maximum Gasteiger partial charge on any atom is 0.414 e. The van der Waals surface area contributed by atoms with E-state index in [9.17, 15) is 9.59 Å². The largest absolute Gasteiger partial charge is 0.444 e. The van der Waals surface area contributed by atoms with E-state index in [2.05, 4.69) is 38.2 Å². The minimum absolute atomic E-state index is 0.0308. The molecule has 27 heavy (non-hydrogen) atoms. The van der Waals surface area contributed by atoms with Crippen LogP contribution in [0.15, 0.2) is 23.2 Å². The summed E-state index contributed by atoms with van der Waals surface area (Å²) in [4.78, 5) is 28.4. The van der Waals surface area contributed by atoms with Gasteiger partial charge in [-0.3, -0.25) is 10.6 Å². The lowest BCUT2D eigenvalue weighted by molar-refractivity contribution is 0.0545. The van der Waals surface area contributed by atoms with E-state index in [1.54, 1.807) is 41.5 Å². The van der Waals surface area contributed by atoms with E-state index in [4.69, 9.17) is 9.47 Å². The van der Waals surface area contributed by atoms with Gasteiger partial charge in [0.25, 0.3) is 0 Å². The Labute approximate surface area is 174 Å². The number of alkyl carbamates (subject to hydrolysis) is 2. The zero-order chi connectivity index (χ0) is 20.8. The third kappa shape index (κ3) is 10.2. The molecule has 0 spiro atoms. The lowest BCUT2D eigenvalue weighted by atomic mass is 10.1. The van der Waals surface area contributed by atoms with Gasteiger partial charge in [-0.05, 0) is 94.3 Å². The highest BCUT2D eigenvalue weighted by Crippen LogP contribution is 2.14. The zero-order valence-electron chi connectivity index (χ0n) is 16.9. The number of amides is 2. The van der Waals surface area contributed by atoms with Gasteiger partial charge in [-0.2, -0.15) is 0 Å². The van der Waals surface area contributed by atoms with Gasteiger partial charge in [-0.25, -0.2) is 14.6 Å². The van der Waals surface area contributed by atoms with E-state index in [-0.39, 0.29) is 12.5 Å². The smallest absolute Gasteiger partial charge is 0.414 e. The molecule has 0 aliphatic heterocycles. The van der Waals surface area contributed by atoms with E-state index < -0.39 is 23.4 Å². The monoisotopic (exact) mass is 489 g/mol. The third-order valence-electron chi connectivity index (χ3n) is 2.96. The van der Waals surface area contributed by atoms with Crippen LogP contribution in [-0.4, -0.2) is 29.3 Å². The molecule has 0 aromatic heterocycles. The molecule has 1 aromatic rings. The van der Waals surface area contributed by atoms with Gasteiger partial charge in [0.05, 0.1) is 6.54 Å². The molecule has 0 saturated carbocycles. The van der Waals surface area contributed by atoms with Crippen molar-refractivity contribution in [1.82, 2.24) is 10.6 Å². The highest BCUT2D eigenvalue weighted by atomic mass is 127. The van der Waals surface area contributed by atoms with Crippen molar-refractivity contribution in [3.05, 3.63) is 32.9 Å². The van der Waals surface area contributed by atoms with Crippen molar-refractivity contribution in [2.75, 3.05) is 0 Å². The number of hydrogen-bond donors (Lipinski definition) is 2. The summed E-state index contributed by atoms with van der Waals surface area (Å²) < 4.78 is 11.5. The number of halogens is 1. The molecule has 0 radical (unpaired) electrons. The molecular weight excluding hydrogens is 461 g/mol. The van der Waals surface area contributed by atoms with Crippen molar-refractivity contribution in [2.24, 2.45) is 4.99 Å². The van der Waals surface area contributed by atoms with Gasteiger partial charge in [0.1, 0.15) is 11.2 Å². The van der Waals surface area contributed by atoms with Crippen LogP contribution in [0.3, 0.4) is 0 Å². The van der Waals surface area contributed by atoms with Gasteiger partial charge in [0.2, 0.25) is 5.96 Å². The van der Waals surface area contributed by atoms with Gasteiger partial charge < -0.3 is 9.47 Å². The quantitative estimate of drug-likeness (QED) is 0.364. The maximum absolute atomic E-state index is 12.1. The Kier molecular flexibility index (Phi) is 8.06. The fraction of sp³-hybridized carbons (Fsp3) is 0.526. The van der Waals surface area contributed by atoms with Crippen LogP contribution in [0.2, 0.25) is 0 Å². The molecule has 0 aliphatic carbocycles. The predicted octanol–water partition coefficient (Wildman–Crippen LogP) is 4.51. The summed E-state index contributed by atoms with van der Waals surface area (Å²) in [5.74, 6) is -0.0308. The Bertz CT molecular complexity index is 687. The predicted molar refractivity (Wildman–Crippen MR) is 114 cm³/mol. The van der Waals surface area contributed by atoms with E-state index in [1.165, 1.54) is 0 Å². The fourth-order valence-electron chi connectivity index (χ4n) is 1.89. The molecule has 0 unspecified atom stereocenters. The van der Waals surface area contributed by atoms with Crippen LogP contribution in [0.1, 0.15) is 52.7 Å². The Balaban J connectivity index is 2.96. The summed E-state index contributed by atoms with van der Waals surface area (Å²) in [6.07, 6.45) is -1.42. The molecule has 1 rings (SSSR count). The summed E-state index contributed by atoms with van der Waals surface area (Å²) in [6.45, 7) is 12.8. The summed E-state index contributed by atoms with van der Waals surface area (Å²) in [5, 5.41) is 4.94. The Hall–Kier alpha value is -1.84. The van der Waals surface area contributed by atoms with Crippen molar-refractivity contribution in [2.45, 2.75) is 66.2 Å². The molecule has 0 atom stereocenters. The van der Waals surface area contributed by atoms with Crippen LogP contribution < -0.4 is 10.6 Å². The number of ether oxygens (including phenoxy) is 2. The lowest BCUT2D eigenvalue weighted by Gasteiger charge is -2.22. The molecule has 2 N–H and O–H groups in total. The van der Waals surface area contributed by atoms with Crippen LogP contribution in [0, 0.1) is 10.5 Å². The number of aliphatic imine (C=N–C) groups is 1. The van der Waals surface area contributed by atoms with E-state index >= 15 is 0 Å². The van der Waals surface area contributed by atoms with Crippen molar-refractivity contribution in [3.8, 4) is 0 Å². The molecule has 0 saturated heterocycles. The van der Waals surface area contributed by atoms with Gasteiger partial charge in [-0.1, -0.05) is 6.07 Å². The van der Waals surface area contributed by atoms with E-state index in [0.717, 1.165) is 14.7 Å². The number of rotatable bonds is 2. The normalized spacial score (nSPS) is 11.4. The van der Waals surface area contributed by atoms with Crippen LogP contribution >= 0.6 is 22.6 Å². The number of hydrogen-bond acceptors (Lipinski definition) is 5. The molecule has 150 valence electrons. The van der Waals surface area contributed by atoms with Gasteiger partial charge in [-0.15, -0.1) is 0 Å². The molecule has 0 heterocycles. The minimum Gasteiger partial charge on any atom is -0.444 e. The summed E-state index contributed by atoms with van der Waals surface area (Å²) in [6, 6.07) is 5.99. The molecule has 0 bridgehead atoms. The number of carbonyl (C=O) groups excluding carboxylic acids is 2. The SMILES string of the molecule is Cc1ccc(I)cc1CN=C(NC(=O)OC(C)(C)C)NC(=O)OC(C)(C)C. The topological polar surface area (TPSA) is 89.0 Å². The Morgan fingerprint density at radius 1 is 1.00 bits per heavy atom. The molecule has 8 heteroatoms. The first-order valence-electron chi connectivity index (χ1n) is 8.55. The summed E-state index contributed by atoms with van der Waals surface area (Å²) in [7, 11) is 0. The number of carbonyl (C=O) groups is 2. The first-order valence-corrected chi connectivity index (χ1v) is 9.62. The van der Waals surface area contributed by atoms with Crippen molar-refractivity contribution in [1.29, 1.82) is 0 Å². The van der Waals surface area contributed by atoms with Crippen LogP contribution in [0.25, 0.3) is 0 Å². The molecule has 0 aliphatic rings. The van der Waals surface area contributed by atoms with Gasteiger partial charge in [0.15, 0.2) is 0 Å². The molecule has 7 nitrogen and oxygen atoms in total. The molecule has 2 amide bonds. The van der Waals surface area contributed by atoms with E-state index in [0.29, 0.717) is 0 Å². The van der Waals surface area contributed by atoms with E-state index in [1.807, 2.05) is 25.1 Å². The fourth-order valence-corrected chi connectivity index (χ4v) is 2.44. The van der Waals surface area contributed by atoms with Gasteiger partial charge >= 0.3 is 12.2 Å². The van der Waals surface area contributed by atoms with Crippen molar-refractivity contribution >= 4 is 40.7 Å². The number of nitrogens with one attached hydrogen (secondary N) is 2. The Morgan fingerprint density at radius 2 is 1.48 bits per heavy atom. The number of nitrogens with zero attached hydrogens (tertiary/aromatic N) is 1. The highest BCUT2D eigenvalue weighted by molar-refractivity contribution is 14.1. The average Bonchev–Trinajstić information content (AvgIpc) is 2.43. The number of benzene rings is 1. The maximum atomic E-state index is 12.1. The first-order chi connectivity index (χ1) is 12.2. The Morgan fingerprint density at radius 3 is 1.93 bits per heavy atom. The third-order valence-corrected chi connectivity index (χ3v) is 3.63. The van der Waals surface area contributed by atoms with Gasteiger partial charge in [0, 0.05) is 3.57 Å². The second-order valence-electron chi connectivity index (χ2n) is 7.99. The molecule has 0 fully saturated rings. The van der Waals surface area contributed by atoms with Crippen LogP contribution in [0.5, 0.6) is 0 Å². The number of guanidine groups is 1. The standard InChI is InChI=1S/C19H28IN3O4/c1-12-8-9-14(20)10-13(12)11-21-15(22-16(24)26-18(2,3)4)23-17(25)27-19(5,6)7/h8-10H,11H2,1-7H3,(H2,21,22,23,24,25). The summed E-state index contributed by atoms with van der Waals surface area (Å²) >= 11 is 2.22. The second-order valence-corrected chi connectivity index (χ2v) is 9.24. The minimum atomic E-state index is -0.711. The van der Waals surface area contributed by atoms with Crippen molar-refractivity contribution < 1.29 is 19.1 Å². The lowest BCUT2D eigenvalue weighted by Crippen LogP contribution is -2.47. The average molecular weight is 489 g/mol. The number of aryl methyl sites for hydroxylation is 1. The van der Waals surface area contributed by atoms with Crippen LogP contribution in [0.4, 0.5) is 9.59 Å². The summed E-state index contributed by atoms with van der Waals surface area (Å²) in [5.41, 5.74) is 0.699.